The van der Waals surface area contributed by atoms with E-state index in [2.05, 4.69) is 10.6 Å². The van der Waals surface area contributed by atoms with Crippen LogP contribution >= 0.6 is 0 Å². The zero-order valence-electron chi connectivity index (χ0n) is 16.1. The molecular formula is C19H26N4O5. The Morgan fingerprint density at radius 3 is 2.71 bits per heavy atom. The van der Waals surface area contributed by atoms with E-state index in [1.54, 1.807) is 23.1 Å². The molecule has 152 valence electrons. The van der Waals surface area contributed by atoms with E-state index < -0.39 is 5.97 Å². The maximum atomic E-state index is 12.6. The maximum absolute atomic E-state index is 12.6. The number of hydrogen-bond acceptors (Lipinski definition) is 5. The monoisotopic (exact) mass is 390 g/mol. The van der Waals surface area contributed by atoms with Gasteiger partial charge in [0.15, 0.2) is 0 Å². The number of carboxylic acids is 1. The van der Waals surface area contributed by atoms with Gasteiger partial charge >= 0.3 is 12.0 Å². The Labute approximate surface area is 163 Å². The Morgan fingerprint density at radius 1 is 1.39 bits per heavy atom. The van der Waals surface area contributed by atoms with E-state index in [-0.39, 0.29) is 30.6 Å². The fraction of sp³-hybridized carbons (Fsp3) is 0.526. The normalized spacial score (nSPS) is 21.2. The van der Waals surface area contributed by atoms with E-state index in [0.29, 0.717) is 36.6 Å². The van der Waals surface area contributed by atoms with Crippen molar-refractivity contribution in [2.24, 2.45) is 0 Å². The summed E-state index contributed by atoms with van der Waals surface area (Å²) in [6.07, 6.45) is 1.45. The molecule has 1 aliphatic carbocycles. The predicted molar refractivity (Wildman–Crippen MR) is 103 cm³/mol. The van der Waals surface area contributed by atoms with Crippen LogP contribution in [0, 0.1) is 0 Å². The van der Waals surface area contributed by atoms with Gasteiger partial charge in [-0.2, -0.15) is 0 Å². The molecule has 0 spiro atoms. The molecule has 28 heavy (non-hydrogen) atoms. The van der Waals surface area contributed by atoms with E-state index in [1.165, 1.54) is 7.11 Å². The quantitative estimate of drug-likeness (QED) is 0.608. The van der Waals surface area contributed by atoms with Gasteiger partial charge in [0.25, 0.3) is 5.91 Å². The van der Waals surface area contributed by atoms with E-state index in [0.717, 1.165) is 12.8 Å². The highest BCUT2D eigenvalue weighted by Gasteiger charge is 2.35. The lowest BCUT2D eigenvalue weighted by molar-refractivity contribution is -0.139. The summed E-state index contributed by atoms with van der Waals surface area (Å²) in [6.45, 7) is 3.67. The lowest BCUT2D eigenvalue weighted by Gasteiger charge is -2.42. The summed E-state index contributed by atoms with van der Waals surface area (Å²) in [5, 5.41) is 14.7. The molecule has 1 heterocycles. The number of methoxy groups -OCH3 is 1. The van der Waals surface area contributed by atoms with Gasteiger partial charge in [0.1, 0.15) is 5.75 Å². The fourth-order valence-corrected chi connectivity index (χ4v) is 3.69. The standard InChI is InChI=1S/C19H26N4O5/c1-3-22(11-17(24)25)14-9-13(10-14)21-18(26)12-4-5-16(28-2)15(8-12)23-7-6-20-19(23)27/h4-5,8,13-14H,3,6-7,9-11H2,1-2H3,(H,20,27)(H,21,26)(H,24,25). The van der Waals surface area contributed by atoms with E-state index in [4.69, 9.17) is 9.84 Å². The Hall–Kier alpha value is -2.81. The molecular weight excluding hydrogens is 364 g/mol. The number of rotatable bonds is 8. The SMILES string of the molecule is CCN(CC(=O)O)C1CC(NC(=O)c2ccc(OC)c(N3CCNC3=O)c2)C1. The maximum Gasteiger partial charge on any atom is 0.322 e. The van der Waals surface area contributed by atoms with Crippen LogP contribution in [0.25, 0.3) is 0 Å². The van der Waals surface area contributed by atoms with Gasteiger partial charge in [-0.15, -0.1) is 0 Å². The lowest BCUT2D eigenvalue weighted by atomic mass is 9.85. The van der Waals surface area contributed by atoms with Crippen molar-refractivity contribution >= 4 is 23.6 Å². The largest absolute Gasteiger partial charge is 0.495 e. The van der Waals surface area contributed by atoms with Crippen molar-refractivity contribution < 1.29 is 24.2 Å². The second-order valence-corrected chi connectivity index (χ2v) is 7.02. The predicted octanol–water partition coefficient (Wildman–Crippen LogP) is 0.892. The first-order valence-electron chi connectivity index (χ1n) is 9.43. The van der Waals surface area contributed by atoms with Crippen LogP contribution in [0.5, 0.6) is 5.75 Å². The van der Waals surface area contributed by atoms with E-state index >= 15 is 0 Å². The van der Waals surface area contributed by atoms with Gasteiger partial charge < -0.3 is 20.5 Å². The number of likely N-dealkylation sites (N-methyl/N-ethyl adjacent to an activating group) is 1. The van der Waals surface area contributed by atoms with Gasteiger partial charge in [0.05, 0.1) is 19.3 Å². The molecule has 0 aromatic heterocycles. The number of nitrogens with zero attached hydrogens (tertiary/aromatic N) is 2. The number of carbonyl (C=O) groups excluding carboxylic acids is 2. The molecule has 9 nitrogen and oxygen atoms in total. The van der Waals surface area contributed by atoms with E-state index in [1.807, 2.05) is 11.8 Å². The number of aliphatic carboxylic acids is 1. The Bertz CT molecular complexity index is 763. The van der Waals surface area contributed by atoms with Crippen molar-refractivity contribution in [1.82, 2.24) is 15.5 Å². The molecule has 0 atom stereocenters. The molecule has 9 heteroatoms. The summed E-state index contributed by atoms with van der Waals surface area (Å²) in [6, 6.07) is 5.00. The number of amides is 3. The molecule has 0 bridgehead atoms. The Kier molecular flexibility index (Phi) is 6.03. The van der Waals surface area contributed by atoms with Crippen molar-refractivity contribution in [2.75, 3.05) is 38.2 Å². The summed E-state index contributed by atoms with van der Waals surface area (Å²) in [5.41, 5.74) is 1.02. The molecule has 0 unspecified atom stereocenters. The van der Waals surface area contributed by atoms with E-state index in [9.17, 15) is 14.4 Å². The molecule has 1 aliphatic heterocycles. The van der Waals surface area contributed by atoms with Crippen molar-refractivity contribution in [1.29, 1.82) is 0 Å². The summed E-state index contributed by atoms with van der Waals surface area (Å²) >= 11 is 0. The topological polar surface area (TPSA) is 111 Å². The first-order chi connectivity index (χ1) is 13.4. The van der Waals surface area contributed by atoms with Crippen LogP contribution in [0.15, 0.2) is 18.2 Å². The number of urea groups is 1. The van der Waals surface area contributed by atoms with Gasteiger partial charge in [-0.05, 0) is 37.6 Å². The van der Waals surface area contributed by atoms with Gasteiger partial charge in [0, 0.05) is 30.7 Å². The van der Waals surface area contributed by atoms with Gasteiger partial charge in [-0.25, -0.2) is 4.79 Å². The van der Waals surface area contributed by atoms with Crippen molar-refractivity contribution in [3.05, 3.63) is 23.8 Å². The van der Waals surface area contributed by atoms with Gasteiger partial charge in [-0.1, -0.05) is 6.92 Å². The Morgan fingerprint density at radius 2 is 2.14 bits per heavy atom. The van der Waals surface area contributed by atoms with Crippen LogP contribution < -0.4 is 20.3 Å². The summed E-state index contributed by atoms with van der Waals surface area (Å²) in [5.74, 6) is -0.524. The van der Waals surface area contributed by atoms with Crippen LogP contribution in [0.2, 0.25) is 0 Å². The molecule has 1 aromatic rings. The third kappa shape index (κ3) is 4.19. The minimum Gasteiger partial charge on any atom is -0.495 e. The van der Waals surface area contributed by atoms with Gasteiger partial charge in [-0.3, -0.25) is 19.4 Å². The van der Waals surface area contributed by atoms with Crippen LogP contribution in [-0.2, 0) is 4.79 Å². The number of ether oxygens (including phenoxy) is 1. The lowest BCUT2D eigenvalue weighted by Crippen LogP contribution is -2.54. The third-order valence-corrected chi connectivity index (χ3v) is 5.30. The second-order valence-electron chi connectivity index (χ2n) is 7.02. The molecule has 1 saturated carbocycles. The molecule has 3 rings (SSSR count). The summed E-state index contributed by atoms with van der Waals surface area (Å²) < 4.78 is 5.33. The molecule has 2 fully saturated rings. The van der Waals surface area contributed by atoms with Crippen LogP contribution in [0.4, 0.5) is 10.5 Å². The van der Waals surface area contributed by atoms with Crippen LogP contribution in [-0.4, -0.2) is 73.3 Å². The minimum atomic E-state index is -0.842. The van der Waals surface area contributed by atoms with Crippen molar-refractivity contribution in [3.63, 3.8) is 0 Å². The first-order valence-corrected chi connectivity index (χ1v) is 9.43. The van der Waals surface area contributed by atoms with Crippen molar-refractivity contribution in [2.45, 2.75) is 31.8 Å². The zero-order chi connectivity index (χ0) is 20.3. The Balaban J connectivity index is 1.62. The van der Waals surface area contributed by atoms with Crippen LogP contribution in [0.3, 0.4) is 0 Å². The molecule has 1 aromatic carbocycles. The number of hydrogen-bond donors (Lipinski definition) is 3. The van der Waals surface area contributed by atoms with Crippen LogP contribution in [0.1, 0.15) is 30.1 Å². The molecule has 3 amide bonds. The average Bonchev–Trinajstić information content (AvgIpc) is 3.07. The summed E-state index contributed by atoms with van der Waals surface area (Å²) in [4.78, 5) is 39.0. The highest BCUT2D eigenvalue weighted by molar-refractivity contribution is 6.00. The number of carboxylic acid groups (broad SMARTS) is 1. The fourth-order valence-electron chi connectivity index (χ4n) is 3.69. The zero-order valence-corrected chi connectivity index (χ0v) is 16.1. The number of carbonyl (C=O) groups is 3. The molecule has 1 saturated heterocycles. The smallest absolute Gasteiger partial charge is 0.322 e. The third-order valence-electron chi connectivity index (χ3n) is 5.30. The summed E-state index contributed by atoms with van der Waals surface area (Å²) in [7, 11) is 1.53. The molecule has 3 N–H and O–H groups in total. The highest BCUT2D eigenvalue weighted by Crippen LogP contribution is 2.31. The molecule has 0 radical (unpaired) electrons. The van der Waals surface area contributed by atoms with Gasteiger partial charge in [0.2, 0.25) is 0 Å². The number of nitrogens with one attached hydrogen (secondary N) is 2. The average molecular weight is 390 g/mol. The molecule has 2 aliphatic rings. The van der Waals surface area contributed by atoms with Crippen molar-refractivity contribution in [3.8, 4) is 5.75 Å². The number of benzene rings is 1. The highest BCUT2D eigenvalue weighted by atomic mass is 16.5. The second kappa shape index (κ2) is 8.47. The first kappa shape index (κ1) is 19.9. The number of anilines is 1. The minimum absolute atomic E-state index is 0.0148.